The van der Waals surface area contributed by atoms with Crippen LogP contribution >= 0.6 is 15.9 Å². The van der Waals surface area contributed by atoms with Gasteiger partial charge in [-0.1, -0.05) is 18.2 Å². The molecule has 3 heterocycles. The van der Waals surface area contributed by atoms with Crippen molar-refractivity contribution in [2.24, 2.45) is 0 Å². The lowest BCUT2D eigenvalue weighted by Crippen LogP contribution is -2.35. The summed E-state index contributed by atoms with van der Waals surface area (Å²) in [6.45, 7) is 7.44. The van der Waals surface area contributed by atoms with Gasteiger partial charge in [0.25, 0.3) is 5.56 Å². The van der Waals surface area contributed by atoms with Gasteiger partial charge in [-0.25, -0.2) is 4.68 Å². The lowest BCUT2D eigenvalue weighted by Gasteiger charge is -2.32. The van der Waals surface area contributed by atoms with Gasteiger partial charge in [-0.2, -0.15) is 5.10 Å². The normalized spacial score (nSPS) is 13.9. The van der Waals surface area contributed by atoms with Crippen molar-refractivity contribution in [3.05, 3.63) is 86.0 Å². The number of halogens is 1. The van der Waals surface area contributed by atoms with Crippen molar-refractivity contribution in [3.63, 3.8) is 0 Å². The number of pyridine rings is 1. The van der Waals surface area contributed by atoms with Crippen LogP contribution in [-0.4, -0.2) is 32.3 Å². The standard InChI is InChI=1S/C24H27BrN4O2/c1-17(2)28-9-8-19-4-3-18(11-20(19)15-28)7-10-29-24(30)12-23(14-27-29)31-16-22-6-5-21(25)13-26-22/h3-6,11-14,17H,7-10,15-16H2,1-2H3. The number of fused-ring (bicyclic) bond motifs is 1. The quantitative estimate of drug-likeness (QED) is 0.509. The van der Waals surface area contributed by atoms with E-state index in [0.29, 0.717) is 24.9 Å². The first-order chi connectivity index (χ1) is 15.0. The zero-order valence-electron chi connectivity index (χ0n) is 17.9. The van der Waals surface area contributed by atoms with Crippen LogP contribution in [0.1, 0.15) is 36.2 Å². The Labute approximate surface area is 191 Å². The number of aromatic nitrogens is 3. The monoisotopic (exact) mass is 482 g/mol. The molecule has 0 radical (unpaired) electrons. The molecule has 6 nitrogen and oxygen atoms in total. The molecule has 162 valence electrons. The molecule has 4 rings (SSSR count). The number of ether oxygens (including phenoxy) is 1. The van der Waals surface area contributed by atoms with Crippen LogP contribution in [0.5, 0.6) is 5.75 Å². The van der Waals surface area contributed by atoms with E-state index in [1.54, 1.807) is 12.4 Å². The minimum absolute atomic E-state index is 0.162. The Bertz CT molecular complexity index is 1100. The molecule has 0 spiro atoms. The first-order valence-corrected chi connectivity index (χ1v) is 11.4. The van der Waals surface area contributed by atoms with Crippen LogP contribution in [0, 0.1) is 0 Å². The molecule has 31 heavy (non-hydrogen) atoms. The highest BCUT2D eigenvalue weighted by molar-refractivity contribution is 9.10. The molecule has 0 N–H and O–H groups in total. The van der Waals surface area contributed by atoms with Gasteiger partial charge in [0.05, 0.1) is 11.9 Å². The zero-order chi connectivity index (χ0) is 21.8. The summed E-state index contributed by atoms with van der Waals surface area (Å²) in [7, 11) is 0. The van der Waals surface area contributed by atoms with Crippen molar-refractivity contribution in [1.82, 2.24) is 19.7 Å². The minimum Gasteiger partial charge on any atom is -0.485 e. The van der Waals surface area contributed by atoms with E-state index in [2.05, 4.69) is 63.0 Å². The third kappa shape index (κ3) is 5.60. The van der Waals surface area contributed by atoms with E-state index in [0.717, 1.165) is 36.1 Å². The molecule has 0 unspecified atom stereocenters. The summed E-state index contributed by atoms with van der Waals surface area (Å²) in [6.07, 6.45) is 5.18. The largest absolute Gasteiger partial charge is 0.485 e. The molecule has 1 aliphatic rings. The lowest BCUT2D eigenvalue weighted by molar-refractivity contribution is 0.203. The summed E-state index contributed by atoms with van der Waals surface area (Å²) in [6, 6.07) is 12.5. The van der Waals surface area contributed by atoms with Gasteiger partial charge in [-0.3, -0.25) is 14.7 Å². The van der Waals surface area contributed by atoms with E-state index in [9.17, 15) is 4.79 Å². The summed E-state index contributed by atoms with van der Waals surface area (Å²) < 4.78 is 8.07. The third-order valence-electron chi connectivity index (χ3n) is 5.67. The molecule has 0 saturated heterocycles. The maximum Gasteiger partial charge on any atom is 0.270 e. The van der Waals surface area contributed by atoms with Crippen LogP contribution in [0.15, 0.2) is 58.1 Å². The summed E-state index contributed by atoms with van der Waals surface area (Å²) in [5, 5.41) is 4.29. The van der Waals surface area contributed by atoms with Crippen LogP contribution in [0.3, 0.4) is 0 Å². The number of hydrogen-bond acceptors (Lipinski definition) is 5. The molecular formula is C24H27BrN4O2. The van der Waals surface area contributed by atoms with Crippen molar-refractivity contribution in [3.8, 4) is 5.75 Å². The average molecular weight is 483 g/mol. The van der Waals surface area contributed by atoms with Crippen molar-refractivity contribution in [1.29, 1.82) is 0 Å². The van der Waals surface area contributed by atoms with Crippen LogP contribution < -0.4 is 10.3 Å². The third-order valence-corrected chi connectivity index (χ3v) is 6.14. The molecule has 2 aromatic heterocycles. The molecule has 0 atom stereocenters. The number of nitrogens with zero attached hydrogens (tertiary/aromatic N) is 4. The maximum atomic E-state index is 12.5. The summed E-state index contributed by atoms with van der Waals surface area (Å²) in [5.41, 5.74) is 4.71. The maximum absolute atomic E-state index is 12.5. The van der Waals surface area contributed by atoms with Crippen LogP contribution in [0.4, 0.5) is 0 Å². The summed E-state index contributed by atoms with van der Waals surface area (Å²) in [5.74, 6) is 0.452. The summed E-state index contributed by atoms with van der Waals surface area (Å²) in [4.78, 5) is 19.2. The Morgan fingerprint density at radius 3 is 2.74 bits per heavy atom. The predicted octanol–water partition coefficient (Wildman–Crippen LogP) is 3.99. The first-order valence-electron chi connectivity index (χ1n) is 10.6. The molecule has 0 saturated carbocycles. The number of aryl methyl sites for hydroxylation is 2. The van der Waals surface area contributed by atoms with Gasteiger partial charge >= 0.3 is 0 Å². The van der Waals surface area contributed by atoms with Crippen molar-refractivity contribution in [2.45, 2.75) is 52.4 Å². The zero-order valence-corrected chi connectivity index (χ0v) is 19.5. The Kier molecular flexibility index (Phi) is 6.83. The molecular weight excluding hydrogens is 456 g/mol. The minimum atomic E-state index is -0.162. The van der Waals surface area contributed by atoms with Gasteiger partial charge in [0, 0.05) is 42.4 Å². The molecule has 0 amide bonds. The Hall–Kier alpha value is -2.51. The molecule has 0 bridgehead atoms. The van der Waals surface area contributed by atoms with Gasteiger partial charge in [0.1, 0.15) is 12.4 Å². The van der Waals surface area contributed by atoms with Gasteiger partial charge in [0.15, 0.2) is 0 Å². The fourth-order valence-electron chi connectivity index (χ4n) is 3.78. The fraction of sp³-hybridized carbons (Fsp3) is 0.375. The molecule has 0 aliphatic carbocycles. The van der Waals surface area contributed by atoms with E-state index in [4.69, 9.17) is 4.74 Å². The van der Waals surface area contributed by atoms with Gasteiger partial charge in [-0.15, -0.1) is 0 Å². The first kappa shape index (κ1) is 21.7. The summed E-state index contributed by atoms with van der Waals surface area (Å²) >= 11 is 3.36. The van der Waals surface area contributed by atoms with E-state index in [1.807, 2.05) is 12.1 Å². The second-order valence-corrected chi connectivity index (χ2v) is 9.09. The number of benzene rings is 1. The number of hydrogen-bond donors (Lipinski definition) is 0. The Balaban J connectivity index is 1.36. The highest BCUT2D eigenvalue weighted by Crippen LogP contribution is 2.22. The van der Waals surface area contributed by atoms with Crippen molar-refractivity contribution in [2.75, 3.05) is 6.54 Å². The fourth-order valence-corrected chi connectivity index (χ4v) is 4.01. The SMILES string of the molecule is CC(C)N1CCc2ccc(CCn3ncc(OCc4ccc(Br)cn4)cc3=O)cc2C1. The molecule has 3 aromatic rings. The smallest absolute Gasteiger partial charge is 0.270 e. The Morgan fingerprint density at radius 1 is 1.13 bits per heavy atom. The average Bonchev–Trinajstić information content (AvgIpc) is 2.77. The topological polar surface area (TPSA) is 60.3 Å². The lowest BCUT2D eigenvalue weighted by atomic mass is 9.96. The van der Waals surface area contributed by atoms with Crippen molar-refractivity contribution >= 4 is 15.9 Å². The van der Waals surface area contributed by atoms with Crippen LogP contribution in [0.2, 0.25) is 0 Å². The molecule has 1 aromatic carbocycles. The highest BCUT2D eigenvalue weighted by Gasteiger charge is 2.18. The molecule has 1 aliphatic heterocycles. The number of rotatable bonds is 7. The van der Waals surface area contributed by atoms with Gasteiger partial charge in [-0.05, 0) is 71.4 Å². The van der Waals surface area contributed by atoms with Crippen molar-refractivity contribution < 1.29 is 4.74 Å². The van der Waals surface area contributed by atoms with Gasteiger partial charge < -0.3 is 4.74 Å². The van der Waals surface area contributed by atoms with Crippen LogP contribution in [-0.2, 0) is 32.5 Å². The Morgan fingerprint density at radius 2 is 2.00 bits per heavy atom. The predicted molar refractivity (Wildman–Crippen MR) is 124 cm³/mol. The van der Waals surface area contributed by atoms with Crippen LogP contribution in [0.25, 0.3) is 0 Å². The van der Waals surface area contributed by atoms with E-state index >= 15 is 0 Å². The highest BCUT2D eigenvalue weighted by atomic mass is 79.9. The van der Waals surface area contributed by atoms with E-state index < -0.39 is 0 Å². The van der Waals surface area contributed by atoms with Gasteiger partial charge in [0.2, 0.25) is 0 Å². The second-order valence-electron chi connectivity index (χ2n) is 8.18. The molecule has 0 fully saturated rings. The van der Waals surface area contributed by atoms with E-state index in [-0.39, 0.29) is 5.56 Å². The second kappa shape index (κ2) is 9.75. The van der Waals surface area contributed by atoms with E-state index in [1.165, 1.54) is 27.4 Å². The molecule has 7 heteroatoms.